The van der Waals surface area contributed by atoms with Gasteiger partial charge in [0.1, 0.15) is 0 Å². The van der Waals surface area contributed by atoms with Crippen LogP contribution in [0, 0.1) is 0 Å². The predicted octanol–water partition coefficient (Wildman–Crippen LogP) is 4.57. The van der Waals surface area contributed by atoms with Crippen LogP contribution in [0.2, 0.25) is 0 Å². The van der Waals surface area contributed by atoms with E-state index in [0.717, 1.165) is 49.7 Å². The molecule has 0 amide bonds. The van der Waals surface area contributed by atoms with Crippen LogP contribution >= 0.6 is 0 Å². The second-order valence-electron chi connectivity index (χ2n) is 6.01. The van der Waals surface area contributed by atoms with Gasteiger partial charge in [0, 0.05) is 6.42 Å². The van der Waals surface area contributed by atoms with Gasteiger partial charge >= 0.3 is 5.97 Å². The van der Waals surface area contributed by atoms with Crippen LogP contribution in [0.3, 0.4) is 0 Å². The Balaban J connectivity index is 1.79. The Hall–Kier alpha value is -1.90. The number of hydrogen-bond donors (Lipinski definition) is 0. The quantitative estimate of drug-likeness (QED) is 0.495. The van der Waals surface area contributed by atoms with Gasteiger partial charge in [0.2, 0.25) is 0 Å². The first kappa shape index (κ1) is 17.5. The van der Waals surface area contributed by atoms with E-state index in [1.807, 2.05) is 37.3 Å². The zero-order valence-corrected chi connectivity index (χ0v) is 13.9. The van der Waals surface area contributed by atoms with Crippen molar-refractivity contribution in [2.24, 2.45) is 0 Å². The van der Waals surface area contributed by atoms with Gasteiger partial charge in [-0.3, -0.25) is 9.59 Å². The second kappa shape index (κ2) is 9.29. The zero-order chi connectivity index (χ0) is 16.5. The van der Waals surface area contributed by atoms with E-state index in [1.165, 1.54) is 0 Å². The number of carbonyl (C=O) groups excluding carboxylic acids is 2. The van der Waals surface area contributed by atoms with E-state index in [0.29, 0.717) is 18.8 Å². The van der Waals surface area contributed by atoms with Crippen molar-refractivity contribution in [2.45, 2.75) is 57.8 Å². The lowest BCUT2D eigenvalue weighted by Crippen LogP contribution is -2.16. The zero-order valence-electron chi connectivity index (χ0n) is 13.9. The molecule has 0 heterocycles. The van der Waals surface area contributed by atoms with E-state index in [1.54, 1.807) is 0 Å². The smallest absolute Gasteiger partial charge is 0.313 e. The molecule has 0 unspecified atom stereocenters. The lowest BCUT2D eigenvalue weighted by atomic mass is 9.92. The molecule has 0 saturated carbocycles. The van der Waals surface area contributed by atoms with Gasteiger partial charge in [-0.25, -0.2) is 0 Å². The third kappa shape index (κ3) is 5.34. The monoisotopic (exact) mass is 314 g/mol. The van der Waals surface area contributed by atoms with Gasteiger partial charge in [-0.1, -0.05) is 49.2 Å². The van der Waals surface area contributed by atoms with Gasteiger partial charge in [-0.05, 0) is 43.7 Å². The van der Waals surface area contributed by atoms with E-state index in [-0.39, 0.29) is 11.9 Å². The molecule has 3 nitrogen and oxygen atoms in total. The van der Waals surface area contributed by atoms with Gasteiger partial charge < -0.3 is 4.74 Å². The molecule has 1 atom stereocenters. The first-order valence-corrected chi connectivity index (χ1v) is 8.66. The maximum Gasteiger partial charge on any atom is 0.313 e. The maximum atomic E-state index is 12.2. The Kier molecular flexibility index (Phi) is 7.05. The molecule has 2 rings (SSSR count). The summed E-state index contributed by atoms with van der Waals surface area (Å²) in [5.41, 5.74) is 2.04. The molecule has 0 bridgehead atoms. The van der Waals surface area contributed by atoms with Crippen molar-refractivity contribution in [1.29, 1.82) is 0 Å². The molecule has 1 aromatic carbocycles. The number of ketones is 1. The normalized spacial score (nSPS) is 15.3. The number of benzene rings is 1. The largest absolute Gasteiger partial charge is 0.466 e. The second-order valence-corrected chi connectivity index (χ2v) is 6.01. The lowest BCUT2D eigenvalue weighted by Gasteiger charge is -2.16. The van der Waals surface area contributed by atoms with Crippen LogP contribution in [-0.2, 0) is 14.3 Å². The third-order valence-corrected chi connectivity index (χ3v) is 4.33. The molecular weight excluding hydrogens is 288 g/mol. The molecule has 3 heteroatoms. The molecule has 0 N–H and O–H groups in total. The summed E-state index contributed by atoms with van der Waals surface area (Å²) in [5, 5.41) is 0. The molecule has 23 heavy (non-hydrogen) atoms. The number of ether oxygens (including phenoxy) is 1. The Labute approximate surface area is 138 Å². The fourth-order valence-electron chi connectivity index (χ4n) is 3.08. The minimum absolute atomic E-state index is 0.132. The summed E-state index contributed by atoms with van der Waals surface area (Å²) < 4.78 is 5.22. The van der Waals surface area contributed by atoms with Crippen molar-refractivity contribution in [3.8, 4) is 0 Å². The van der Waals surface area contributed by atoms with E-state index < -0.39 is 0 Å². The van der Waals surface area contributed by atoms with Crippen molar-refractivity contribution in [2.75, 3.05) is 6.61 Å². The summed E-state index contributed by atoms with van der Waals surface area (Å²) in [5.74, 6) is 0.00884. The Morgan fingerprint density at radius 1 is 1.17 bits per heavy atom. The van der Waals surface area contributed by atoms with E-state index in [4.69, 9.17) is 4.74 Å². The SMILES string of the molecule is CCOC(=O)[C@H](CCCCCC1=CCCC1=O)c1ccccc1. The maximum absolute atomic E-state index is 12.2. The van der Waals surface area contributed by atoms with Crippen molar-refractivity contribution in [3.63, 3.8) is 0 Å². The standard InChI is InChI=1S/C20H26O3/c1-2-23-20(22)18(16-10-5-3-6-11-16)14-8-4-7-12-17-13-9-15-19(17)21/h3,5-6,10-11,13,18H,2,4,7-9,12,14-15H2,1H3/t18-/m1/s1. The fourth-order valence-corrected chi connectivity index (χ4v) is 3.08. The molecule has 0 saturated heterocycles. The first-order valence-electron chi connectivity index (χ1n) is 8.66. The Morgan fingerprint density at radius 2 is 1.96 bits per heavy atom. The molecule has 1 aliphatic carbocycles. The molecule has 0 aliphatic heterocycles. The highest BCUT2D eigenvalue weighted by atomic mass is 16.5. The number of allylic oxidation sites excluding steroid dienone is 2. The molecule has 1 aromatic rings. The Bertz CT molecular complexity index is 545. The highest BCUT2D eigenvalue weighted by Gasteiger charge is 2.21. The van der Waals surface area contributed by atoms with Gasteiger partial charge in [-0.2, -0.15) is 0 Å². The minimum atomic E-state index is -0.177. The number of esters is 1. The average molecular weight is 314 g/mol. The topological polar surface area (TPSA) is 43.4 Å². The first-order chi connectivity index (χ1) is 11.2. The molecule has 0 aromatic heterocycles. The van der Waals surface area contributed by atoms with Crippen molar-refractivity contribution < 1.29 is 14.3 Å². The summed E-state index contributed by atoms with van der Waals surface area (Å²) in [6.07, 6.45) is 8.38. The lowest BCUT2D eigenvalue weighted by molar-refractivity contribution is -0.145. The molecular formula is C20H26O3. The van der Waals surface area contributed by atoms with Crippen LogP contribution < -0.4 is 0 Å². The van der Waals surface area contributed by atoms with Crippen LogP contribution in [0.25, 0.3) is 0 Å². The van der Waals surface area contributed by atoms with Crippen LogP contribution in [0.15, 0.2) is 42.0 Å². The highest BCUT2D eigenvalue weighted by Crippen LogP contribution is 2.25. The summed E-state index contributed by atoms with van der Waals surface area (Å²) in [7, 11) is 0. The molecule has 1 aliphatic rings. The number of Topliss-reactive ketones (excluding diaryl/α,β-unsaturated/α-hetero) is 1. The van der Waals surface area contributed by atoms with Crippen LogP contribution in [-0.4, -0.2) is 18.4 Å². The molecule has 0 fully saturated rings. The van der Waals surface area contributed by atoms with Crippen molar-refractivity contribution >= 4 is 11.8 Å². The fraction of sp³-hybridized carbons (Fsp3) is 0.500. The number of rotatable bonds is 9. The van der Waals surface area contributed by atoms with Gasteiger partial charge in [0.05, 0.1) is 12.5 Å². The summed E-state index contributed by atoms with van der Waals surface area (Å²) >= 11 is 0. The molecule has 0 radical (unpaired) electrons. The van der Waals surface area contributed by atoms with E-state index in [2.05, 4.69) is 6.08 Å². The third-order valence-electron chi connectivity index (χ3n) is 4.33. The van der Waals surface area contributed by atoms with Gasteiger partial charge in [-0.15, -0.1) is 0 Å². The van der Waals surface area contributed by atoms with Crippen LogP contribution in [0.1, 0.15) is 63.4 Å². The average Bonchev–Trinajstić information content (AvgIpc) is 2.97. The van der Waals surface area contributed by atoms with E-state index >= 15 is 0 Å². The van der Waals surface area contributed by atoms with E-state index in [9.17, 15) is 9.59 Å². The number of unbranched alkanes of at least 4 members (excludes halogenated alkanes) is 2. The number of hydrogen-bond acceptors (Lipinski definition) is 3. The van der Waals surface area contributed by atoms with Gasteiger partial charge in [0.25, 0.3) is 0 Å². The van der Waals surface area contributed by atoms with Crippen molar-refractivity contribution in [1.82, 2.24) is 0 Å². The summed E-state index contributed by atoms with van der Waals surface area (Å²) in [6, 6.07) is 9.85. The number of carbonyl (C=O) groups is 2. The molecule has 0 spiro atoms. The molecule has 124 valence electrons. The van der Waals surface area contributed by atoms with Crippen LogP contribution in [0.5, 0.6) is 0 Å². The Morgan fingerprint density at radius 3 is 2.61 bits per heavy atom. The predicted molar refractivity (Wildman–Crippen MR) is 91.2 cm³/mol. The van der Waals surface area contributed by atoms with Crippen LogP contribution in [0.4, 0.5) is 0 Å². The summed E-state index contributed by atoms with van der Waals surface area (Å²) in [6.45, 7) is 2.25. The minimum Gasteiger partial charge on any atom is -0.466 e. The van der Waals surface area contributed by atoms with Gasteiger partial charge in [0.15, 0.2) is 5.78 Å². The summed E-state index contributed by atoms with van der Waals surface area (Å²) in [4.78, 5) is 23.7. The highest BCUT2D eigenvalue weighted by molar-refractivity contribution is 5.97. The van der Waals surface area contributed by atoms with Crippen molar-refractivity contribution in [3.05, 3.63) is 47.5 Å².